The predicted molar refractivity (Wildman–Crippen MR) is 71.5 cm³/mol. The van der Waals surface area contributed by atoms with Crippen molar-refractivity contribution in [1.82, 2.24) is 4.98 Å². The van der Waals surface area contributed by atoms with Gasteiger partial charge >= 0.3 is 5.97 Å². The van der Waals surface area contributed by atoms with Crippen LogP contribution in [-0.2, 0) is 0 Å². The first-order valence-corrected chi connectivity index (χ1v) is 6.52. The number of carbonyl (C=O) groups is 1. The fourth-order valence-corrected chi connectivity index (χ4v) is 2.68. The van der Waals surface area contributed by atoms with Gasteiger partial charge in [0.05, 0.1) is 0 Å². The van der Waals surface area contributed by atoms with Crippen LogP contribution in [-0.4, -0.2) is 16.1 Å². The van der Waals surface area contributed by atoms with Gasteiger partial charge in [-0.15, -0.1) is 0 Å². The summed E-state index contributed by atoms with van der Waals surface area (Å²) in [5, 5.41) is 9.34. The number of aromatic carboxylic acids is 1. The molecule has 0 aliphatic rings. The van der Waals surface area contributed by atoms with Crippen molar-refractivity contribution in [2.24, 2.45) is 0 Å². The number of rotatable bonds is 3. The highest BCUT2D eigenvalue weighted by Gasteiger charge is 2.18. The zero-order chi connectivity index (χ0) is 14.1. The lowest BCUT2D eigenvalue weighted by Gasteiger charge is -2.03. The second-order valence-electron chi connectivity index (χ2n) is 3.97. The summed E-state index contributed by atoms with van der Waals surface area (Å²) >= 11 is 0.984. The summed E-state index contributed by atoms with van der Waals surface area (Å²) in [5.74, 6) is -2.10. The second kappa shape index (κ2) is 4.97. The molecule has 4 nitrogen and oxygen atoms in total. The summed E-state index contributed by atoms with van der Waals surface area (Å²) in [6, 6.07) is 11.3. The normalized spacial score (nSPS) is 10.8. The van der Waals surface area contributed by atoms with E-state index in [2.05, 4.69) is 4.98 Å². The minimum atomic E-state index is -1.32. The molecule has 3 rings (SSSR count). The van der Waals surface area contributed by atoms with Gasteiger partial charge in [0.1, 0.15) is 16.9 Å². The van der Waals surface area contributed by atoms with E-state index in [1.54, 1.807) is 12.1 Å². The average molecular weight is 289 g/mol. The number of fused-ring (bicyclic) bond motifs is 1. The molecular weight excluding hydrogens is 281 g/mol. The van der Waals surface area contributed by atoms with Crippen LogP contribution in [0, 0.1) is 5.82 Å². The largest absolute Gasteiger partial charge is 0.478 e. The molecule has 0 bridgehead atoms. The number of nitrogens with zero attached hydrogens (tertiary/aromatic N) is 1. The molecule has 0 fully saturated rings. The summed E-state index contributed by atoms with van der Waals surface area (Å²) in [4.78, 5) is 15.6. The molecule has 1 heterocycles. The third-order valence-electron chi connectivity index (χ3n) is 2.66. The van der Waals surface area contributed by atoms with Gasteiger partial charge in [-0.1, -0.05) is 18.2 Å². The molecule has 0 unspecified atom stereocenters. The van der Waals surface area contributed by atoms with Gasteiger partial charge in [0.2, 0.25) is 0 Å². The lowest BCUT2D eigenvalue weighted by Crippen LogP contribution is -2.02. The predicted octanol–water partition coefficient (Wildman–Crippen LogP) is 3.82. The second-order valence-corrected chi connectivity index (χ2v) is 4.96. The summed E-state index contributed by atoms with van der Waals surface area (Å²) < 4.78 is 19.0. The first-order chi connectivity index (χ1) is 9.65. The van der Waals surface area contributed by atoms with Crippen LogP contribution in [0.3, 0.4) is 0 Å². The maximum absolute atomic E-state index is 13.6. The molecule has 3 aromatic rings. The standard InChI is InChI=1S/C14H8FNO3S/c15-8-4-3-7-11(12(8)13(17)18)20-14-16-9-5-1-2-6-10(9)19-14/h1-7H,(H,17,18). The van der Waals surface area contributed by atoms with Crippen molar-refractivity contribution in [1.29, 1.82) is 0 Å². The molecule has 0 radical (unpaired) electrons. The van der Waals surface area contributed by atoms with Gasteiger partial charge in [0, 0.05) is 4.90 Å². The van der Waals surface area contributed by atoms with Crippen molar-refractivity contribution in [3.05, 3.63) is 53.8 Å². The quantitative estimate of drug-likeness (QED) is 0.794. The Morgan fingerprint density at radius 1 is 1.20 bits per heavy atom. The topological polar surface area (TPSA) is 63.3 Å². The van der Waals surface area contributed by atoms with Gasteiger partial charge < -0.3 is 9.52 Å². The Hall–Kier alpha value is -2.34. The SMILES string of the molecule is O=C(O)c1c(F)cccc1Sc1nc2ccccc2o1. The summed E-state index contributed by atoms with van der Waals surface area (Å²) in [6.45, 7) is 0. The Balaban J connectivity index is 2.02. The van der Waals surface area contributed by atoms with E-state index in [-0.39, 0.29) is 15.7 Å². The highest BCUT2D eigenvalue weighted by molar-refractivity contribution is 7.99. The molecule has 0 saturated heterocycles. The van der Waals surface area contributed by atoms with Gasteiger partial charge in [0.25, 0.3) is 5.22 Å². The van der Waals surface area contributed by atoms with Crippen LogP contribution in [0.4, 0.5) is 4.39 Å². The fraction of sp³-hybridized carbons (Fsp3) is 0. The number of hydrogen-bond donors (Lipinski definition) is 1. The van der Waals surface area contributed by atoms with E-state index in [1.165, 1.54) is 12.1 Å². The maximum atomic E-state index is 13.6. The minimum Gasteiger partial charge on any atom is -0.478 e. The first kappa shape index (κ1) is 12.7. The average Bonchev–Trinajstić information content (AvgIpc) is 2.80. The number of aromatic nitrogens is 1. The van der Waals surface area contributed by atoms with Crippen LogP contribution in [0.5, 0.6) is 0 Å². The van der Waals surface area contributed by atoms with Crippen molar-refractivity contribution in [2.45, 2.75) is 10.1 Å². The summed E-state index contributed by atoms with van der Waals surface area (Å²) in [6.07, 6.45) is 0. The number of halogens is 1. The van der Waals surface area contributed by atoms with Gasteiger partial charge in [-0.25, -0.2) is 14.2 Å². The molecular formula is C14H8FNO3S. The lowest BCUT2D eigenvalue weighted by atomic mass is 10.2. The Kier molecular flexibility index (Phi) is 3.15. The van der Waals surface area contributed by atoms with E-state index < -0.39 is 11.8 Å². The molecule has 0 spiro atoms. The Bertz CT molecular complexity index is 767. The number of hydrogen-bond acceptors (Lipinski definition) is 4. The number of benzene rings is 2. The van der Waals surface area contributed by atoms with Crippen LogP contribution in [0.2, 0.25) is 0 Å². The third-order valence-corrected chi connectivity index (χ3v) is 3.57. The van der Waals surface area contributed by atoms with E-state index in [0.717, 1.165) is 17.8 Å². The Morgan fingerprint density at radius 2 is 2.00 bits per heavy atom. The van der Waals surface area contributed by atoms with E-state index in [4.69, 9.17) is 9.52 Å². The summed E-state index contributed by atoms with van der Waals surface area (Å²) in [7, 11) is 0. The van der Waals surface area contributed by atoms with E-state index in [0.29, 0.717) is 11.1 Å². The Labute approximate surface area is 117 Å². The zero-order valence-corrected chi connectivity index (χ0v) is 10.9. The van der Waals surface area contributed by atoms with Crippen molar-refractivity contribution in [3.8, 4) is 0 Å². The number of oxazole rings is 1. The molecule has 100 valence electrons. The van der Waals surface area contributed by atoms with Gasteiger partial charge in [-0.05, 0) is 36.0 Å². The number of carboxylic acid groups (broad SMARTS) is 1. The van der Waals surface area contributed by atoms with Gasteiger partial charge in [-0.3, -0.25) is 0 Å². The fourth-order valence-electron chi connectivity index (χ4n) is 1.79. The van der Waals surface area contributed by atoms with E-state index >= 15 is 0 Å². The third kappa shape index (κ3) is 2.25. The molecule has 0 amide bonds. The molecule has 0 saturated carbocycles. The monoisotopic (exact) mass is 289 g/mol. The molecule has 0 aliphatic heterocycles. The van der Waals surface area contributed by atoms with Crippen molar-refractivity contribution >= 4 is 28.8 Å². The van der Waals surface area contributed by atoms with Crippen LogP contribution < -0.4 is 0 Å². The first-order valence-electron chi connectivity index (χ1n) is 5.70. The maximum Gasteiger partial charge on any atom is 0.339 e. The molecule has 6 heteroatoms. The molecule has 20 heavy (non-hydrogen) atoms. The van der Waals surface area contributed by atoms with Crippen molar-refractivity contribution in [3.63, 3.8) is 0 Å². The van der Waals surface area contributed by atoms with Crippen LogP contribution in [0.15, 0.2) is 57.0 Å². The molecule has 0 atom stereocenters. The number of para-hydroxylation sites is 2. The van der Waals surface area contributed by atoms with E-state index in [1.807, 2.05) is 12.1 Å². The smallest absolute Gasteiger partial charge is 0.339 e. The van der Waals surface area contributed by atoms with Crippen molar-refractivity contribution < 1.29 is 18.7 Å². The summed E-state index contributed by atoms with van der Waals surface area (Å²) in [5.41, 5.74) is 0.895. The highest BCUT2D eigenvalue weighted by Crippen LogP contribution is 2.33. The zero-order valence-electron chi connectivity index (χ0n) is 10.0. The minimum absolute atomic E-state index is 0.254. The van der Waals surface area contributed by atoms with Crippen LogP contribution >= 0.6 is 11.8 Å². The van der Waals surface area contributed by atoms with Crippen molar-refractivity contribution in [2.75, 3.05) is 0 Å². The van der Waals surface area contributed by atoms with Crippen LogP contribution in [0.25, 0.3) is 11.1 Å². The van der Waals surface area contributed by atoms with E-state index in [9.17, 15) is 9.18 Å². The lowest BCUT2D eigenvalue weighted by molar-refractivity contribution is 0.0688. The number of carboxylic acids is 1. The molecule has 0 aliphatic carbocycles. The molecule has 2 aromatic carbocycles. The van der Waals surface area contributed by atoms with Crippen LogP contribution in [0.1, 0.15) is 10.4 Å². The van der Waals surface area contributed by atoms with Gasteiger partial charge in [0.15, 0.2) is 5.58 Å². The molecule has 1 N–H and O–H groups in total. The Morgan fingerprint density at radius 3 is 2.75 bits per heavy atom. The highest BCUT2D eigenvalue weighted by atomic mass is 32.2. The van der Waals surface area contributed by atoms with Gasteiger partial charge in [-0.2, -0.15) is 0 Å². The molecule has 1 aromatic heterocycles.